The zero-order valence-corrected chi connectivity index (χ0v) is 22.0. The number of rotatable bonds is 7. The van der Waals surface area contributed by atoms with Crippen LogP contribution in [0.2, 0.25) is 31.0 Å². The summed E-state index contributed by atoms with van der Waals surface area (Å²) in [6.45, 7) is 13.6. The summed E-state index contributed by atoms with van der Waals surface area (Å²) in [4.78, 5) is 22.4. The minimum absolute atomic E-state index is 0.00485. The molecule has 2 unspecified atom stereocenters. The van der Waals surface area contributed by atoms with Gasteiger partial charge >= 0.3 is 6.09 Å². The van der Waals surface area contributed by atoms with Crippen LogP contribution >= 0.6 is 11.6 Å². The molecule has 1 aliphatic rings. The summed E-state index contributed by atoms with van der Waals surface area (Å²) in [6.07, 6.45) is -0.665. The maximum absolute atomic E-state index is 14.7. The first-order chi connectivity index (χ1) is 15.3. The summed E-state index contributed by atoms with van der Waals surface area (Å²) in [5.74, 6) is 0.185. The summed E-state index contributed by atoms with van der Waals surface area (Å²) < 4.78 is 33.7. The van der Waals surface area contributed by atoms with E-state index in [0.717, 1.165) is 6.04 Å². The highest BCUT2D eigenvalue weighted by molar-refractivity contribution is 6.76. The number of amides is 1. The molecule has 0 saturated carbocycles. The zero-order valence-electron chi connectivity index (χ0n) is 20.2. The molecule has 0 aromatic carbocycles. The van der Waals surface area contributed by atoms with Gasteiger partial charge in [0.2, 0.25) is 11.2 Å². The first-order valence-electron chi connectivity index (χ1n) is 11.2. The van der Waals surface area contributed by atoms with Crippen molar-refractivity contribution >= 4 is 36.8 Å². The minimum atomic E-state index is -1.25. The molecular formula is C22H34ClFN4O4Si. The van der Waals surface area contributed by atoms with Gasteiger partial charge < -0.3 is 23.7 Å². The number of likely N-dealkylation sites (tertiary alicyclic amines) is 1. The summed E-state index contributed by atoms with van der Waals surface area (Å²) >= 11 is 6.15. The highest BCUT2D eigenvalue weighted by atomic mass is 35.5. The minimum Gasteiger partial charge on any atom is -0.469 e. The maximum atomic E-state index is 14.7. The molecular weight excluding hydrogens is 467 g/mol. The lowest BCUT2D eigenvalue weighted by molar-refractivity contribution is -0.0129. The van der Waals surface area contributed by atoms with Gasteiger partial charge in [-0.25, -0.2) is 9.18 Å². The third-order valence-electron chi connectivity index (χ3n) is 5.18. The van der Waals surface area contributed by atoms with E-state index in [4.69, 9.17) is 25.8 Å². The van der Waals surface area contributed by atoms with E-state index < -0.39 is 32.0 Å². The molecule has 3 rings (SSSR count). The quantitative estimate of drug-likeness (QED) is 0.298. The number of ether oxygens (including phenoxy) is 3. The average Bonchev–Trinajstić information content (AvgIpc) is 3.07. The van der Waals surface area contributed by atoms with E-state index >= 15 is 0 Å². The van der Waals surface area contributed by atoms with Crippen molar-refractivity contribution in [1.82, 2.24) is 19.4 Å². The second-order valence-electron chi connectivity index (χ2n) is 10.6. The molecule has 11 heteroatoms. The smallest absolute Gasteiger partial charge is 0.410 e. The third-order valence-corrected chi connectivity index (χ3v) is 7.05. The zero-order chi connectivity index (χ0) is 24.4. The third kappa shape index (κ3) is 7.28. The molecule has 0 radical (unpaired) electrons. The maximum Gasteiger partial charge on any atom is 0.410 e. The summed E-state index contributed by atoms with van der Waals surface area (Å²) in [6, 6.07) is 2.86. The van der Waals surface area contributed by atoms with Gasteiger partial charge in [0.1, 0.15) is 24.6 Å². The molecule has 1 fully saturated rings. The SMILES string of the molecule is CC(C)(C)OC(=O)N1CCC(F)C(Oc2nc(Cl)nc3c2ccn3COCC[Si](C)(C)C)C1. The van der Waals surface area contributed by atoms with Gasteiger partial charge in [0.25, 0.3) is 0 Å². The first kappa shape index (κ1) is 25.7. The van der Waals surface area contributed by atoms with Crippen LogP contribution in [0.4, 0.5) is 9.18 Å². The van der Waals surface area contributed by atoms with Crippen LogP contribution in [0.5, 0.6) is 5.88 Å². The van der Waals surface area contributed by atoms with Gasteiger partial charge in [-0.2, -0.15) is 9.97 Å². The Morgan fingerprint density at radius 2 is 2.03 bits per heavy atom. The molecule has 0 spiro atoms. The van der Waals surface area contributed by atoms with Crippen LogP contribution < -0.4 is 4.74 Å². The Bertz CT molecular complexity index is 976. The van der Waals surface area contributed by atoms with Crippen LogP contribution in [0, 0.1) is 0 Å². The van der Waals surface area contributed by atoms with Crippen molar-refractivity contribution < 1.29 is 23.4 Å². The van der Waals surface area contributed by atoms with Crippen molar-refractivity contribution in [3.8, 4) is 5.88 Å². The number of piperidine rings is 1. The van der Waals surface area contributed by atoms with Crippen molar-refractivity contribution in [2.75, 3.05) is 19.7 Å². The molecule has 1 amide bonds. The fourth-order valence-corrected chi connectivity index (χ4v) is 4.30. The van der Waals surface area contributed by atoms with Gasteiger partial charge in [-0.15, -0.1) is 0 Å². The van der Waals surface area contributed by atoms with Crippen LogP contribution in [0.25, 0.3) is 11.0 Å². The second kappa shape index (κ2) is 10.1. The van der Waals surface area contributed by atoms with E-state index in [1.807, 2.05) is 10.8 Å². The number of hydrogen-bond donors (Lipinski definition) is 0. The number of aromatic nitrogens is 3. The average molecular weight is 501 g/mol. The lowest BCUT2D eigenvalue weighted by atomic mass is 10.1. The van der Waals surface area contributed by atoms with E-state index in [-0.39, 0.29) is 30.7 Å². The molecule has 1 aliphatic heterocycles. The Hall–Kier alpha value is -1.91. The lowest BCUT2D eigenvalue weighted by Crippen LogP contribution is -2.51. The van der Waals surface area contributed by atoms with E-state index in [0.29, 0.717) is 24.4 Å². The monoisotopic (exact) mass is 500 g/mol. The van der Waals surface area contributed by atoms with Crippen LogP contribution in [0.3, 0.4) is 0 Å². The van der Waals surface area contributed by atoms with Gasteiger partial charge in [0, 0.05) is 33.8 Å². The van der Waals surface area contributed by atoms with Crippen molar-refractivity contribution in [2.45, 2.75) is 77.5 Å². The van der Waals surface area contributed by atoms with E-state index in [9.17, 15) is 9.18 Å². The Labute approximate surface area is 200 Å². The molecule has 0 bridgehead atoms. The van der Waals surface area contributed by atoms with Crippen LogP contribution in [-0.2, 0) is 16.2 Å². The molecule has 0 N–H and O–H groups in total. The number of carbonyl (C=O) groups excluding carboxylic acids is 1. The van der Waals surface area contributed by atoms with Crippen molar-refractivity contribution in [3.63, 3.8) is 0 Å². The highest BCUT2D eigenvalue weighted by Crippen LogP contribution is 2.29. The van der Waals surface area contributed by atoms with E-state index in [1.165, 1.54) is 4.90 Å². The number of hydrogen-bond acceptors (Lipinski definition) is 6. The Kier molecular flexibility index (Phi) is 7.90. The number of carbonyl (C=O) groups is 1. The highest BCUT2D eigenvalue weighted by Gasteiger charge is 2.35. The Morgan fingerprint density at radius 3 is 2.70 bits per heavy atom. The number of fused-ring (bicyclic) bond motifs is 1. The summed E-state index contributed by atoms with van der Waals surface area (Å²) in [5, 5.41) is 0.601. The Balaban J connectivity index is 1.72. The summed E-state index contributed by atoms with van der Waals surface area (Å²) in [7, 11) is -1.18. The molecule has 0 aliphatic carbocycles. The summed E-state index contributed by atoms with van der Waals surface area (Å²) in [5.41, 5.74) is -0.0833. The van der Waals surface area contributed by atoms with Crippen molar-refractivity contribution in [1.29, 1.82) is 0 Å². The normalized spacial score (nSPS) is 19.7. The van der Waals surface area contributed by atoms with Crippen LogP contribution in [0.1, 0.15) is 27.2 Å². The second-order valence-corrected chi connectivity index (χ2v) is 16.5. The molecule has 2 atom stereocenters. The van der Waals surface area contributed by atoms with Gasteiger partial charge in [0.15, 0.2) is 5.65 Å². The predicted octanol–water partition coefficient (Wildman–Crippen LogP) is 5.12. The molecule has 2 aromatic heterocycles. The largest absolute Gasteiger partial charge is 0.469 e. The number of alkyl halides is 1. The molecule has 3 heterocycles. The standard InChI is InChI=1S/C22H34ClFN4O4Si/c1-22(2,3)32-21(29)27-10-8-16(24)17(13-27)31-19-15-7-9-28(18(15)25-20(23)26-19)14-30-11-12-33(4,5)6/h7,9,16-17H,8,10-14H2,1-6H3. The van der Waals surface area contributed by atoms with E-state index in [2.05, 4.69) is 29.6 Å². The first-order valence-corrected chi connectivity index (χ1v) is 15.3. The van der Waals surface area contributed by atoms with Crippen molar-refractivity contribution in [2.24, 2.45) is 0 Å². The van der Waals surface area contributed by atoms with Gasteiger partial charge in [0.05, 0.1) is 11.9 Å². The fourth-order valence-electron chi connectivity index (χ4n) is 3.38. The van der Waals surface area contributed by atoms with Gasteiger partial charge in [-0.05, 0) is 44.5 Å². The molecule has 184 valence electrons. The van der Waals surface area contributed by atoms with Crippen LogP contribution in [0.15, 0.2) is 12.3 Å². The van der Waals surface area contributed by atoms with Crippen molar-refractivity contribution in [3.05, 3.63) is 17.5 Å². The molecule has 2 aromatic rings. The topological polar surface area (TPSA) is 78.7 Å². The number of halogens is 2. The van der Waals surface area contributed by atoms with Gasteiger partial charge in [-0.3, -0.25) is 0 Å². The lowest BCUT2D eigenvalue weighted by Gasteiger charge is -2.35. The van der Waals surface area contributed by atoms with E-state index in [1.54, 1.807) is 26.8 Å². The molecule has 33 heavy (non-hydrogen) atoms. The fraction of sp³-hybridized carbons (Fsp3) is 0.682. The Morgan fingerprint density at radius 1 is 1.30 bits per heavy atom. The number of nitrogens with zero attached hydrogens (tertiary/aromatic N) is 4. The van der Waals surface area contributed by atoms with Crippen LogP contribution in [-0.4, -0.2) is 71.2 Å². The van der Waals surface area contributed by atoms with Gasteiger partial charge in [-0.1, -0.05) is 19.6 Å². The molecule has 8 nitrogen and oxygen atoms in total. The predicted molar refractivity (Wildman–Crippen MR) is 128 cm³/mol. The molecule has 1 saturated heterocycles.